The first kappa shape index (κ1) is 17.0. The van der Waals surface area contributed by atoms with Gasteiger partial charge in [0.2, 0.25) is 0 Å². The number of alkyl halides is 3. The predicted octanol–water partition coefficient (Wildman–Crippen LogP) is 5.58. The van der Waals surface area contributed by atoms with Crippen molar-refractivity contribution in [3.8, 4) is 0 Å². The maximum absolute atomic E-state index is 12.9. The molecule has 116 valence electrons. The van der Waals surface area contributed by atoms with Crippen LogP contribution in [0.3, 0.4) is 0 Å². The highest BCUT2D eigenvalue weighted by Gasteiger charge is 2.31. The molecule has 0 unspecified atom stereocenters. The number of hydrogen-bond donors (Lipinski definition) is 0. The minimum Gasteiger partial charge on any atom is -0.294 e. The van der Waals surface area contributed by atoms with E-state index in [1.54, 1.807) is 34.9 Å². The van der Waals surface area contributed by atoms with Crippen LogP contribution in [0.2, 0.25) is 5.02 Å². The molecule has 0 aliphatic heterocycles. The predicted molar refractivity (Wildman–Crippen MR) is 83.0 cm³/mol. The van der Waals surface area contributed by atoms with Crippen molar-refractivity contribution >= 4 is 41.4 Å². The number of benzene rings is 1. The molecule has 0 atom stereocenters. The topological polar surface area (TPSA) is 17.3 Å². The van der Waals surface area contributed by atoms with E-state index < -0.39 is 11.7 Å². The SMILES string of the molecule is Cl.FC(F)(F)c1cc(Sc2ccc(Cl)cc2)n2ccnc2c1. The minimum absolute atomic E-state index is 0. The molecule has 22 heavy (non-hydrogen) atoms. The monoisotopic (exact) mass is 364 g/mol. The van der Waals surface area contributed by atoms with Crippen LogP contribution in [0.4, 0.5) is 13.2 Å². The van der Waals surface area contributed by atoms with Gasteiger partial charge in [-0.05, 0) is 36.4 Å². The van der Waals surface area contributed by atoms with E-state index in [1.165, 1.54) is 18.0 Å². The average molecular weight is 365 g/mol. The molecule has 3 rings (SSSR count). The number of aromatic nitrogens is 2. The van der Waals surface area contributed by atoms with E-state index in [1.807, 2.05) is 0 Å². The van der Waals surface area contributed by atoms with Gasteiger partial charge in [0, 0.05) is 22.3 Å². The van der Waals surface area contributed by atoms with Crippen LogP contribution < -0.4 is 0 Å². The van der Waals surface area contributed by atoms with Crippen LogP contribution >= 0.6 is 35.8 Å². The highest BCUT2D eigenvalue weighted by molar-refractivity contribution is 7.99. The molecular weight excluding hydrogens is 356 g/mol. The van der Waals surface area contributed by atoms with Gasteiger partial charge in [0.05, 0.1) is 10.6 Å². The third-order valence-corrected chi connectivity index (χ3v) is 4.12. The second kappa shape index (κ2) is 6.40. The first-order valence-corrected chi connectivity index (χ1v) is 7.11. The van der Waals surface area contributed by atoms with Crippen LogP contribution in [-0.2, 0) is 6.18 Å². The van der Waals surface area contributed by atoms with Gasteiger partial charge < -0.3 is 0 Å². The van der Waals surface area contributed by atoms with Crippen molar-refractivity contribution in [2.24, 2.45) is 0 Å². The summed E-state index contributed by atoms with van der Waals surface area (Å²) in [5, 5.41) is 1.02. The van der Waals surface area contributed by atoms with Crippen molar-refractivity contribution < 1.29 is 13.2 Å². The third kappa shape index (κ3) is 3.51. The maximum Gasteiger partial charge on any atom is 0.416 e. The Morgan fingerprint density at radius 3 is 2.41 bits per heavy atom. The fourth-order valence-electron chi connectivity index (χ4n) is 1.86. The lowest BCUT2D eigenvalue weighted by atomic mass is 10.2. The zero-order chi connectivity index (χ0) is 15.0. The Morgan fingerprint density at radius 1 is 1.09 bits per heavy atom. The first-order chi connectivity index (χ1) is 9.93. The quantitative estimate of drug-likeness (QED) is 0.590. The molecule has 2 aromatic heterocycles. The number of fused-ring (bicyclic) bond motifs is 1. The normalized spacial score (nSPS) is 11.5. The lowest BCUT2D eigenvalue weighted by Gasteiger charge is -2.11. The number of rotatable bonds is 2. The molecule has 2 heterocycles. The third-order valence-electron chi connectivity index (χ3n) is 2.83. The Kier molecular flexibility index (Phi) is 4.94. The number of pyridine rings is 1. The van der Waals surface area contributed by atoms with Gasteiger partial charge in [0.15, 0.2) is 0 Å². The molecule has 1 aromatic carbocycles. The van der Waals surface area contributed by atoms with E-state index in [0.29, 0.717) is 10.0 Å². The van der Waals surface area contributed by atoms with Crippen LogP contribution in [0.5, 0.6) is 0 Å². The van der Waals surface area contributed by atoms with Crippen LogP contribution in [-0.4, -0.2) is 9.38 Å². The molecule has 0 saturated heterocycles. The molecule has 2 nitrogen and oxygen atoms in total. The maximum atomic E-state index is 12.9. The number of nitrogens with zero attached hydrogens (tertiary/aromatic N) is 2. The summed E-state index contributed by atoms with van der Waals surface area (Å²) in [5.41, 5.74) is -0.445. The Balaban J connectivity index is 0.00000176. The first-order valence-electron chi connectivity index (χ1n) is 5.91. The van der Waals surface area contributed by atoms with Gasteiger partial charge >= 0.3 is 6.18 Å². The molecule has 0 aliphatic carbocycles. The lowest BCUT2D eigenvalue weighted by molar-refractivity contribution is -0.137. The molecule has 0 radical (unpaired) electrons. The molecule has 0 bridgehead atoms. The average Bonchev–Trinajstić information content (AvgIpc) is 2.89. The van der Waals surface area contributed by atoms with Gasteiger partial charge in [-0.3, -0.25) is 4.40 Å². The van der Waals surface area contributed by atoms with Crippen molar-refractivity contribution in [3.05, 3.63) is 59.4 Å². The van der Waals surface area contributed by atoms with Crippen LogP contribution in [0, 0.1) is 0 Å². The van der Waals surface area contributed by atoms with Crippen molar-refractivity contribution in [1.29, 1.82) is 0 Å². The zero-order valence-electron chi connectivity index (χ0n) is 10.8. The second-order valence-corrected chi connectivity index (χ2v) is 5.82. The largest absolute Gasteiger partial charge is 0.416 e. The fraction of sp³-hybridized carbons (Fsp3) is 0.0714. The van der Waals surface area contributed by atoms with E-state index in [0.717, 1.165) is 17.0 Å². The summed E-state index contributed by atoms with van der Waals surface area (Å²) in [7, 11) is 0. The molecule has 3 aromatic rings. The van der Waals surface area contributed by atoms with Gasteiger partial charge in [-0.1, -0.05) is 23.4 Å². The van der Waals surface area contributed by atoms with E-state index >= 15 is 0 Å². The number of halogens is 5. The van der Waals surface area contributed by atoms with E-state index in [9.17, 15) is 13.2 Å². The Labute approximate surface area is 139 Å². The molecule has 0 amide bonds. The smallest absolute Gasteiger partial charge is 0.294 e. The van der Waals surface area contributed by atoms with Gasteiger partial charge in [0.1, 0.15) is 5.65 Å². The van der Waals surface area contributed by atoms with Crippen molar-refractivity contribution in [1.82, 2.24) is 9.38 Å². The molecule has 0 fully saturated rings. The molecule has 0 N–H and O–H groups in total. The summed E-state index contributed by atoms with van der Waals surface area (Å²) in [6.45, 7) is 0. The van der Waals surface area contributed by atoms with E-state index in [2.05, 4.69) is 4.98 Å². The summed E-state index contributed by atoms with van der Waals surface area (Å²) in [6, 6.07) is 9.07. The highest BCUT2D eigenvalue weighted by atomic mass is 35.5. The standard InChI is InChI=1S/C14H8ClF3N2S.ClH/c15-10-1-3-11(4-2-10)21-13-8-9(14(16,17)18)7-12-19-5-6-20(12)13;/h1-8H;1H. The fourth-order valence-corrected chi connectivity index (χ4v) is 2.94. The molecular formula is C14H9Cl2F3N2S. The molecule has 0 spiro atoms. The van der Waals surface area contributed by atoms with E-state index in [-0.39, 0.29) is 18.1 Å². The van der Waals surface area contributed by atoms with Gasteiger partial charge in [-0.2, -0.15) is 13.2 Å². The van der Waals surface area contributed by atoms with Crippen molar-refractivity contribution in [2.75, 3.05) is 0 Å². The highest BCUT2D eigenvalue weighted by Crippen LogP contribution is 2.35. The summed E-state index contributed by atoms with van der Waals surface area (Å²) < 4.78 is 40.4. The summed E-state index contributed by atoms with van der Waals surface area (Å²) in [5.74, 6) is 0. The molecule has 0 aliphatic rings. The van der Waals surface area contributed by atoms with Gasteiger partial charge in [-0.15, -0.1) is 12.4 Å². The minimum atomic E-state index is -4.40. The van der Waals surface area contributed by atoms with E-state index in [4.69, 9.17) is 11.6 Å². The van der Waals surface area contributed by atoms with Gasteiger partial charge in [0.25, 0.3) is 0 Å². The molecule has 8 heteroatoms. The lowest BCUT2D eigenvalue weighted by Crippen LogP contribution is -2.06. The summed E-state index contributed by atoms with van der Waals surface area (Å²) in [6.07, 6.45) is -1.29. The number of hydrogen-bond acceptors (Lipinski definition) is 2. The molecule has 0 saturated carbocycles. The van der Waals surface area contributed by atoms with Gasteiger partial charge in [-0.25, -0.2) is 4.98 Å². The zero-order valence-corrected chi connectivity index (χ0v) is 13.2. The second-order valence-electron chi connectivity index (χ2n) is 4.29. The van der Waals surface area contributed by atoms with Crippen molar-refractivity contribution in [2.45, 2.75) is 16.1 Å². The van der Waals surface area contributed by atoms with Crippen molar-refractivity contribution in [3.63, 3.8) is 0 Å². The summed E-state index contributed by atoms with van der Waals surface area (Å²) >= 11 is 7.03. The Morgan fingerprint density at radius 2 is 1.77 bits per heavy atom. The van der Waals surface area contributed by atoms with Crippen LogP contribution in [0.25, 0.3) is 5.65 Å². The Hall–Kier alpha value is -1.37. The Bertz CT molecular complexity index is 785. The number of imidazole rings is 1. The summed E-state index contributed by atoms with van der Waals surface area (Å²) in [4.78, 5) is 4.74. The van der Waals surface area contributed by atoms with Crippen LogP contribution in [0.1, 0.15) is 5.56 Å². The van der Waals surface area contributed by atoms with Crippen LogP contribution in [0.15, 0.2) is 58.7 Å².